The molecule has 0 aliphatic carbocycles. The lowest BCUT2D eigenvalue weighted by Crippen LogP contribution is -1.76. The second-order valence-corrected chi connectivity index (χ2v) is 3.13. The molecule has 0 aliphatic heterocycles. The molecule has 0 nitrogen and oxygen atoms in total. The fraction of sp³-hybridized carbons (Fsp3) is 0.667. The Balaban J connectivity index is 2.91. The van der Waals surface area contributed by atoms with Crippen LogP contribution < -0.4 is 0 Å². The topological polar surface area (TPSA) is 0 Å². The molecule has 0 aromatic carbocycles. The van der Waals surface area contributed by atoms with Crippen molar-refractivity contribution in [3.05, 3.63) is 24.3 Å². The van der Waals surface area contributed by atoms with Gasteiger partial charge in [0, 0.05) is 0 Å². The Morgan fingerprint density at radius 3 is 1.42 bits per heavy atom. The minimum Gasteiger partial charge on any atom is -0.0917 e. The summed E-state index contributed by atoms with van der Waals surface area (Å²) in [7, 11) is 0. The highest BCUT2D eigenvalue weighted by Gasteiger charge is 1.86. The van der Waals surface area contributed by atoms with E-state index in [2.05, 4.69) is 38.2 Å². The van der Waals surface area contributed by atoms with E-state index in [0.717, 1.165) is 0 Å². The predicted octanol–water partition coefficient (Wildman–Crippen LogP) is 4.48. The Labute approximate surface area is 77.4 Å². The second-order valence-electron chi connectivity index (χ2n) is 3.13. The minimum absolute atomic E-state index is 1.26. The Bertz CT molecular complexity index is 104. The van der Waals surface area contributed by atoms with Gasteiger partial charge in [-0.15, -0.1) is 0 Å². The van der Waals surface area contributed by atoms with Crippen molar-refractivity contribution in [2.75, 3.05) is 0 Å². The third kappa shape index (κ3) is 9.48. The molecule has 0 heterocycles. The molecule has 0 bridgehead atoms. The maximum Gasteiger partial charge on any atom is -0.0351 e. The van der Waals surface area contributed by atoms with Crippen molar-refractivity contribution in [3.63, 3.8) is 0 Å². The number of hydrogen-bond acceptors (Lipinski definition) is 0. The van der Waals surface area contributed by atoms with Crippen LogP contribution in [0.15, 0.2) is 24.3 Å². The van der Waals surface area contributed by atoms with E-state index in [1.54, 1.807) is 0 Å². The molecule has 0 atom stereocenters. The summed E-state index contributed by atoms with van der Waals surface area (Å²) in [6.45, 7) is 4.18. The van der Waals surface area contributed by atoms with Crippen molar-refractivity contribution in [1.82, 2.24) is 0 Å². The maximum absolute atomic E-state index is 2.26. The maximum atomic E-state index is 2.26. The van der Waals surface area contributed by atoms with Gasteiger partial charge >= 0.3 is 0 Å². The van der Waals surface area contributed by atoms with Crippen LogP contribution in [0.1, 0.15) is 52.4 Å². The molecule has 0 aliphatic rings. The molecule has 0 aromatic rings. The molecule has 0 spiro atoms. The summed E-state index contributed by atoms with van der Waals surface area (Å²) >= 11 is 0. The Morgan fingerprint density at radius 2 is 1.08 bits per heavy atom. The van der Waals surface area contributed by atoms with Gasteiger partial charge in [-0.25, -0.2) is 0 Å². The van der Waals surface area contributed by atoms with Crippen LogP contribution in [0.3, 0.4) is 0 Å². The lowest BCUT2D eigenvalue weighted by atomic mass is 10.1. The highest BCUT2D eigenvalue weighted by atomic mass is 13.9. The summed E-state index contributed by atoms with van der Waals surface area (Å²) in [5, 5.41) is 0. The molecule has 0 saturated heterocycles. The fourth-order valence-electron chi connectivity index (χ4n) is 1.21. The van der Waals surface area contributed by atoms with Crippen LogP contribution in [0, 0.1) is 0 Å². The molecule has 0 aromatic heterocycles. The van der Waals surface area contributed by atoms with E-state index in [0.29, 0.717) is 0 Å². The van der Waals surface area contributed by atoms with E-state index in [1.807, 2.05) is 0 Å². The number of hydrogen-bond donors (Lipinski definition) is 0. The van der Waals surface area contributed by atoms with Crippen molar-refractivity contribution in [3.8, 4) is 0 Å². The summed E-state index contributed by atoms with van der Waals surface area (Å²) in [6.07, 6.45) is 16.8. The SMILES string of the molecule is C/C=C\CCCCCC/C=C\C. The van der Waals surface area contributed by atoms with Gasteiger partial charge in [0.25, 0.3) is 0 Å². The largest absolute Gasteiger partial charge is 0.0917 e. The van der Waals surface area contributed by atoms with Crippen LogP contribution in [-0.2, 0) is 0 Å². The molecule has 0 N–H and O–H groups in total. The van der Waals surface area contributed by atoms with Crippen LogP contribution in [-0.4, -0.2) is 0 Å². The van der Waals surface area contributed by atoms with Gasteiger partial charge < -0.3 is 0 Å². The minimum atomic E-state index is 1.26. The molecule has 0 radical (unpaired) electrons. The van der Waals surface area contributed by atoms with Crippen molar-refractivity contribution >= 4 is 0 Å². The molecular formula is C12H22. The summed E-state index contributed by atoms with van der Waals surface area (Å²) in [5.41, 5.74) is 0. The van der Waals surface area contributed by atoms with Crippen LogP contribution >= 0.6 is 0 Å². The zero-order valence-corrected chi connectivity index (χ0v) is 8.55. The molecule has 0 rings (SSSR count). The second kappa shape index (κ2) is 10.5. The van der Waals surface area contributed by atoms with Gasteiger partial charge in [-0.2, -0.15) is 0 Å². The Morgan fingerprint density at radius 1 is 0.667 bits per heavy atom. The van der Waals surface area contributed by atoms with E-state index < -0.39 is 0 Å². The molecule has 12 heavy (non-hydrogen) atoms. The average molecular weight is 166 g/mol. The Kier molecular flexibility index (Phi) is 10.0. The molecule has 0 saturated carbocycles. The summed E-state index contributed by atoms with van der Waals surface area (Å²) < 4.78 is 0. The van der Waals surface area contributed by atoms with Gasteiger partial charge in [0.15, 0.2) is 0 Å². The number of rotatable bonds is 7. The zero-order chi connectivity index (χ0) is 9.07. The highest BCUT2D eigenvalue weighted by molar-refractivity contribution is 4.77. The lowest BCUT2D eigenvalue weighted by Gasteiger charge is -1.96. The van der Waals surface area contributed by atoms with E-state index in [-0.39, 0.29) is 0 Å². The summed E-state index contributed by atoms with van der Waals surface area (Å²) in [5.74, 6) is 0. The quantitative estimate of drug-likeness (QED) is 0.386. The monoisotopic (exact) mass is 166 g/mol. The molecule has 0 heteroatoms. The Hall–Kier alpha value is -0.520. The van der Waals surface area contributed by atoms with Gasteiger partial charge in [0.2, 0.25) is 0 Å². The van der Waals surface area contributed by atoms with E-state index in [1.165, 1.54) is 38.5 Å². The van der Waals surface area contributed by atoms with Gasteiger partial charge in [0.1, 0.15) is 0 Å². The predicted molar refractivity (Wildman–Crippen MR) is 57.3 cm³/mol. The van der Waals surface area contributed by atoms with E-state index >= 15 is 0 Å². The third-order valence-corrected chi connectivity index (χ3v) is 1.96. The van der Waals surface area contributed by atoms with Gasteiger partial charge in [-0.3, -0.25) is 0 Å². The van der Waals surface area contributed by atoms with Crippen molar-refractivity contribution < 1.29 is 0 Å². The average Bonchev–Trinajstić information content (AvgIpc) is 2.10. The van der Waals surface area contributed by atoms with Crippen LogP contribution in [0.2, 0.25) is 0 Å². The zero-order valence-electron chi connectivity index (χ0n) is 8.55. The number of allylic oxidation sites excluding steroid dienone is 4. The first-order valence-corrected chi connectivity index (χ1v) is 5.14. The lowest BCUT2D eigenvalue weighted by molar-refractivity contribution is 0.652. The molecule has 0 unspecified atom stereocenters. The first kappa shape index (κ1) is 11.5. The normalized spacial score (nSPS) is 11.8. The first-order valence-electron chi connectivity index (χ1n) is 5.14. The van der Waals surface area contributed by atoms with E-state index in [4.69, 9.17) is 0 Å². The van der Waals surface area contributed by atoms with Crippen LogP contribution in [0.4, 0.5) is 0 Å². The fourth-order valence-corrected chi connectivity index (χ4v) is 1.21. The van der Waals surface area contributed by atoms with Gasteiger partial charge in [-0.1, -0.05) is 37.1 Å². The highest BCUT2D eigenvalue weighted by Crippen LogP contribution is 2.06. The van der Waals surface area contributed by atoms with E-state index in [9.17, 15) is 0 Å². The summed E-state index contributed by atoms with van der Waals surface area (Å²) in [4.78, 5) is 0. The summed E-state index contributed by atoms with van der Waals surface area (Å²) in [6, 6.07) is 0. The number of unbranched alkanes of at least 4 members (excludes halogenated alkanes) is 5. The van der Waals surface area contributed by atoms with Crippen molar-refractivity contribution in [1.29, 1.82) is 0 Å². The molecular weight excluding hydrogens is 144 g/mol. The van der Waals surface area contributed by atoms with Crippen molar-refractivity contribution in [2.45, 2.75) is 52.4 Å². The van der Waals surface area contributed by atoms with Crippen LogP contribution in [0.5, 0.6) is 0 Å². The molecule has 0 amide bonds. The smallest absolute Gasteiger partial charge is 0.0351 e. The standard InChI is InChI=1S/C12H22/c1-3-5-7-9-11-12-10-8-6-4-2/h3-6H,7-12H2,1-2H3/b5-3-,6-4-. The van der Waals surface area contributed by atoms with Crippen molar-refractivity contribution in [2.24, 2.45) is 0 Å². The van der Waals surface area contributed by atoms with Gasteiger partial charge in [0.05, 0.1) is 0 Å². The van der Waals surface area contributed by atoms with Gasteiger partial charge in [-0.05, 0) is 39.5 Å². The van der Waals surface area contributed by atoms with Crippen LogP contribution in [0.25, 0.3) is 0 Å². The first-order chi connectivity index (χ1) is 5.91. The molecule has 0 fully saturated rings. The molecule has 70 valence electrons. The third-order valence-electron chi connectivity index (χ3n) is 1.96.